The van der Waals surface area contributed by atoms with Crippen molar-refractivity contribution in [2.75, 3.05) is 11.4 Å². The largest absolute Gasteiger partial charge is 0.295 e. The Kier molecular flexibility index (Phi) is 4.85. The number of H-pyrrole nitrogens is 1. The third-order valence-electron chi connectivity index (χ3n) is 5.02. The highest BCUT2D eigenvalue weighted by atomic mass is 19.1. The molecule has 4 rings (SSSR count). The number of nitrogens with zero attached hydrogens (tertiary/aromatic N) is 4. The molecule has 0 radical (unpaired) electrons. The van der Waals surface area contributed by atoms with Crippen LogP contribution in [0.15, 0.2) is 48.8 Å². The van der Waals surface area contributed by atoms with E-state index in [1.165, 1.54) is 12.1 Å². The van der Waals surface area contributed by atoms with Crippen LogP contribution in [-0.4, -0.2) is 27.6 Å². The fraction of sp³-hybridized carbons (Fsp3) is 0.238. The topological polar surface area (TPSA) is 85.7 Å². The summed E-state index contributed by atoms with van der Waals surface area (Å²) in [5, 5.41) is 16.1. The van der Waals surface area contributed by atoms with Crippen molar-refractivity contribution in [1.82, 2.24) is 15.2 Å². The molecule has 28 heavy (non-hydrogen) atoms. The number of carbonyl (C=O) groups excluding carboxylic acids is 1. The van der Waals surface area contributed by atoms with Crippen molar-refractivity contribution in [1.29, 1.82) is 5.26 Å². The van der Waals surface area contributed by atoms with Gasteiger partial charge in [0.05, 0.1) is 11.3 Å². The lowest BCUT2D eigenvalue weighted by molar-refractivity contribution is -0.123. The number of rotatable bonds is 4. The van der Waals surface area contributed by atoms with Gasteiger partial charge in [0.25, 0.3) is 0 Å². The lowest BCUT2D eigenvalue weighted by atomic mass is 9.90. The lowest BCUT2D eigenvalue weighted by Crippen LogP contribution is -2.42. The fourth-order valence-electron chi connectivity index (χ4n) is 3.56. The van der Waals surface area contributed by atoms with E-state index in [-0.39, 0.29) is 17.4 Å². The van der Waals surface area contributed by atoms with E-state index in [4.69, 9.17) is 5.26 Å². The molecule has 0 aliphatic carbocycles. The molecule has 1 saturated heterocycles. The zero-order valence-electron chi connectivity index (χ0n) is 15.1. The van der Waals surface area contributed by atoms with Crippen molar-refractivity contribution in [3.05, 3.63) is 65.7 Å². The molecule has 0 spiro atoms. The molecule has 2 aromatic heterocycles. The molecule has 7 heteroatoms. The van der Waals surface area contributed by atoms with Gasteiger partial charge in [-0.1, -0.05) is 6.07 Å². The van der Waals surface area contributed by atoms with Gasteiger partial charge in [0.15, 0.2) is 5.82 Å². The van der Waals surface area contributed by atoms with Crippen LogP contribution in [0.4, 0.5) is 10.2 Å². The number of benzene rings is 1. The Bertz CT molecular complexity index is 1040. The van der Waals surface area contributed by atoms with E-state index in [0.29, 0.717) is 18.8 Å². The zero-order chi connectivity index (χ0) is 19.5. The number of pyridine rings is 1. The van der Waals surface area contributed by atoms with Gasteiger partial charge in [0.1, 0.15) is 11.9 Å². The van der Waals surface area contributed by atoms with Crippen LogP contribution in [0.5, 0.6) is 0 Å². The van der Waals surface area contributed by atoms with Gasteiger partial charge in [-0.3, -0.25) is 19.8 Å². The summed E-state index contributed by atoms with van der Waals surface area (Å²) in [5.41, 5.74) is 2.50. The number of aromatic nitrogens is 3. The molecule has 6 nitrogen and oxygen atoms in total. The van der Waals surface area contributed by atoms with E-state index >= 15 is 0 Å². The molecular formula is C21H18FN5O. The molecule has 1 aromatic carbocycles. The van der Waals surface area contributed by atoms with Gasteiger partial charge in [-0.2, -0.15) is 10.4 Å². The molecule has 0 saturated carbocycles. The molecule has 1 atom stereocenters. The minimum atomic E-state index is -0.547. The van der Waals surface area contributed by atoms with Crippen LogP contribution in [0.1, 0.15) is 24.0 Å². The number of hydrogen-bond acceptors (Lipinski definition) is 4. The first-order valence-electron chi connectivity index (χ1n) is 9.11. The van der Waals surface area contributed by atoms with Gasteiger partial charge in [-0.05, 0) is 49.1 Å². The second-order valence-corrected chi connectivity index (χ2v) is 6.83. The van der Waals surface area contributed by atoms with Crippen molar-refractivity contribution in [2.24, 2.45) is 5.92 Å². The van der Waals surface area contributed by atoms with E-state index < -0.39 is 5.82 Å². The number of anilines is 1. The van der Waals surface area contributed by atoms with Crippen molar-refractivity contribution >= 4 is 11.7 Å². The van der Waals surface area contributed by atoms with Gasteiger partial charge >= 0.3 is 0 Å². The summed E-state index contributed by atoms with van der Waals surface area (Å²) >= 11 is 0. The van der Waals surface area contributed by atoms with Crippen LogP contribution in [0.2, 0.25) is 0 Å². The van der Waals surface area contributed by atoms with Crippen LogP contribution in [0.3, 0.4) is 0 Å². The number of amides is 1. The number of aromatic amines is 1. The van der Waals surface area contributed by atoms with Crippen LogP contribution in [0, 0.1) is 23.1 Å². The SMILES string of the molecule is N#Cc1ccc(C[C@@H]2CCCN(c3cc(-c4ccncc4)[nH]n3)C2=O)cc1F. The van der Waals surface area contributed by atoms with Gasteiger partial charge in [0.2, 0.25) is 5.91 Å². The number of carbonyl (C=O) groups is 1. The second kappa shape index (κ2) is 7.61. The average Bonchev–Trinajstić information content (AvgIpc) is 3.20. The summed E-state index contributed by atoms with van der Waals surface area (Å²) in [7, 11) is 0. The standard InChI is InChI=1S/C21H18FN5O/c22-18-11-14(3-4-17(18)13-23)10-16-2-1-9-27(21(16)28)20-12-19(25-26-20)15-5-7-24-8-6-15/h3-8,11-12,16H,1-2,9-10H2,(H,25,26)/t16-/m0/s1. The Morgan fingerprint density at radius 1 is 1.25 bits per heavy atom. The summed E-state index contributed by atoms with van der Waals surface area (Å²) in [6.45, 7) is 0.609. The summed E-state index contributed by atoms with van der Waals surface area (Å²) in [4.78, 5) is 18.7. The molecule has 1 N–H and O–H groups in total. The smallest absolute Gasteiger partial charge is 0.231 e. The minimum Gasteiger partial charge on any atom is -0.295 e. The van der Waals surface area contributed by atoms with E-state index in [1.807, 2.05) is 24.3 Å². The predicted octanol–water partition coefficient (Wildman–Crippen LogP) is 3.47. The third-order valence-corrected chi connectivity index (χ3v) is 5.02. The molecule has 0 bridgehead atoms. The van der Waals surface area contributed by atoms with Gasteiger partial charge < -0.3 is 0 Å². The highest BCUT2D eigenvalue weighted by Gasteiger charge is 2.31. The van der Waals surface area contributed by atoms with Gasteiger partial charge in [-0.25, -0.2) is 4.39 Å². The number of nitriles is 1. The maximum Gasteiger partial charge on any atom is 0.231 e. The molecule has 3 aromatic rings. The summed E-state index contributed by atoms with van der Waals surface area (Å²) in [6.07, 6.45) is 5.45. The van der Waals surface area contributed by atoms with Crippen LogP contribution >= 0.6 is 0 Å². The fourth-order valence-corrected chi connectivity index (χ4v) is 3.56. The quantitative estimate of drug-likeness (QED) is 0.757. The first-order chi connectivity index (χ1) is 13.7. The summed E-state index contributed by atoms with van der Waals surface area (Å²) < 4.78 is 13.9. The molecule has 3 heterocycles. The van der Waals surface area contributed by atoms with Crippen molar-refractivity contribution < 1.29 is 9.18 Å². The number of halogens is 1. The molecule has 1 aliphatic heterocycles. The van der Waals surface area contributed by atoms with Crippen LogP contribution in [-0.2, 0) is 11.2 Å². The zero-order valence-corrected chi connectivity index (χ0v) is 15.1. The Morgan fingerprint density at radius 2 is 2.07 bits per heavy atom. The summed E-state index contributed by atoms with van der Waals surface area (Å²) in [5.74, 6) is -0.201. The van der Waals surface area contributed by atoms with E-state index in [2.05, 4.69) is 15.2 Å². The monoisotopic (exact) mass is 375 g/mol. The van der Waals surface area contributed by atoms with Crippen LogP contribution in [0.25, 0.3) is 11.3 Å². The Hall–Kier alpha value is -3.53. The molecule has 1 aliphatic rings. The van der Waals surface area contributed by atoms with E-state index in [9.17, 15) is 9.18 Å². The van der Waals surface area contributed by atoms with E-state index in [0.717, 1.165) is 29.7 Å². The maximum absolute atomic E-state index is 13.9. The molecule has 140 valence electrons. The minimum absolute atomic E-state index is 0.0104. The molecule has 0 unspecified atom stereocenters. The Balaban J connectivity index is 1.51. The van der Waals surface area contributed by atoms with E-state index in [1.54, 1.807) is 23.4 Å². The first kappa shape index (κ1) is 17.9. The normalized spacial score (nSPS) is 16.8. The lowest BCUT2D eigenvalue weighted by Gasteiger charge is -2.30. The maximum atomic E-state index is 13.9. The number of nitrogens with one attached hydrogen (secondary N) is 1. The second-order valence-electron chi connectivity index (χ2n) is 6.83. The Labute approximate surface area is 161 Å². The highest BCUT2D eigenvalue weighted by Crippen LogP contribution is 2.28. The van der Waals surface area contributed by atoms with Crippen molar-refractivity contribution in [3.63, 3.8) is 0 Å². The molecule has 1 amide bonds. The summed E-state index contributed by atoms with van der Waals surface area (Å²) in [6, 6.07) is 11.9. The van der Waals surface area contributed by atoms with Gasteiger partial charge in [-0.15, -0.1) is 0 Å². The molecule has 1 fully saturated rings. The average molecular weight is 375 g/mol. The van der Waals surface area contributed by atoms with Crippen molar-refractivity contribution in [3.8, 4) is 17.3 Å². The van der Waals surface area contributed by atoms with Gasteiger partial charge in [0, 0.05) is 36.5 Å². The highest BCUT2D eigenvalue weighted by molar-refractivity contribution is 5.95. The predicted molar refractivity (Wildman–Crippen MR) is 102 cm³/mol. The molecular weight excluding hydrogens is 357 g/mol. The Morgan fingerprint density at radius 3 is 2.82 bits per heavy atom. The number of piperidine rings is 1. The number of hydrogen-bond donors (Lipinski definition) is 1. The van der Waals surface area contributed by atoms with Crippen LogP contribution < -0.4 is 4.90 Å². The third kappa shape index (κ3) is 3.49. The van der Waals surface area contributed by atoms with Crippen molar-refractivity contribution in [2.45, 2.75) is 19.3 Å². The first-order valence-corrected chi connectivity index (χ1v) is 9.11.